The Morgan fingerprint density at radius 1 is 0.725 bits per heavy atom. The molecule has 0 aliphatic heterocycles. The summed E-state index contributed by atoms with van der Waals surface area (Å²) in [4.78, 5) is 11.6. The number of hydrogen-bond donors (Lipinski definition) is 1. The fraction of sp³-hybridized carbons (Fsp3) is 0.696. The van der Waals surface area contributed by atoms with Crippen molar-refractivity contribution in [1.82, 2.24) is 5.32 Å². The maximum absolute atomic E-state index is 14.3. The third-order valence-corrected chi connectivity index (χ3v) is 6.99. The first kappa shape index (κ1) is 37.1. The average molecular weight is 829 g/mol. The van der Waals surface area contributed by atoms with Crippen molar-refractivity contribution in [2.45, 2.75) is 89.0 Å². The minimum atomic E-state index is -7.63. The summed E-state index contributed by atoms with van der Waals surface area (Å²) in [5, 5.41) is 1.86. The van der Waals surface area contributed by atoms with Gasteiger partial charge < -0.3 is 10.1 Å². The molecule has 17 heteroatoms. The van der Waals surface area contributed by atoms with Crippen LogP contribution in [0.5, 0.6) is 0 Å². The van der Waals surface area contributed by atoms with E-state index in [1.807, 2.05) is 5.32 Å². The number of alkyl halides is 14. The maximum atomic E-state index is 14.3. The Balaban J connectivity index is 3.13. The second-order valence-electron chi connectivity index (χ2n) is 9.88. The molecular weight excluding hydrogens is 804 g/mol. The van der Waals surface area contributed by atoms with Crippen molar-refractivity contribution < 1.29 is 62.2 Å². The summed E-state index contributed by atoms with van der Waals surface area (Å²) in [6.45, 7) is 3.32. The average Bonchev–Trinajstić information content (AvgIpc) is 2.75. The van der Waals surface area contributed by atoms with Crippen LogP contribution in [-0.2, 0) is 11.2 Å². The molecular formula is C23H25F12I2NO2. The molecule has 3 nitrogen and oxygen atoms in total. The van der Waals surface area contributed by atoms with Gasteiger partial charge in [-0.1, -0.05) is 75.5 Å². The van der Waals surface area contributed by atoms with E-state index in [9.17, 15) is 57.5 Å². The van der Waals surface area contributed by atoms with Crippen LogP contribution in [0.3, 0.4) is 0 Å². The highest BCUT2D eigenvalue weighted by Crippen LogP contribution is 2.61. The summed E-state index contributed by atoms with van der Waals surface area (Å²) in [5.41, 5.74) is -0.777. The van der Waals surface area contributed by atoms with Gasteiger partial charge in [-0.25, -0.2) is 4.79 Å². The largest absolute Gasteiger partial charge is 0.444 e. The first-order valence-electron chi connectivity index (χ1n) is 11.3. The van der Waals surface area contributed by atoms with Gasteiger partial charge in [0.25, 0.3) is 0 Å². The van der Waals surface area contributed by atoms with E-state index >= 15 is 0 Å². The van der Waals surface area contributed by atoms with Gasteiger partial charge in [0.15, 0.2) is 0 Å². The first-order valence-corrected chi connectivity index (χ1v) is 13.8. The highest BCUT2D eigenvalue weighted by Gasteiger charge is 2.89. The zero-order valence-corrected chi connectivity index (χ0v) is 25.3. The summed E-state index contributed by atoms with van der Waals surface area (Å²) >= 11 is 2.16. The van der Waals surface area contributed by atoms with Crippen molar-refractivity contribution in [3.63, 3.8) is 0 Å². The highest BCUT2D eigenvalue weighted by molar-refractivity contribution is 14.1. The van der Waals surface area contributed by atoms with E-state index in [0.717, 1.165) is 22.6 Å². The van der Waals surface area contributed by atoms with Gasteiger partial charge in [0, 0.05) is 27.2 Å². The number of carbonyl (C=O) groups excluding carboxylic acids is 1. The molecule has 0 aliphatic carbocycles. The molecule has 0 bridgehead atoms. The van der Waals surface area contributed by atoms with Crippen LogP contribution in [0.2, 0.25) is 0 Å². The smallest absolute Gasteiger partial charge is 0.407 e. The van der Waals surface area contributed by atoms with Crippen LogP contribution < -0.4 is 5.32 Å². The number of ether oxygens (including phenoxy) is 1. The molecule has 1 N–H and O–H groups in total. The van der Waals surface area contributed by atoms with Crippen LogP contribution in [0.15, 0.2) is 30.3 Å². The Bertz CT molecular complexity index is 988. The summed E-state index contributed by atoms with van der Waals surface area (Å²) in [5.74, 6) is -41.7. The number of halogens is 14. The molecule has 1 amide bonds. The molecule has 1 aromatic carbocycles. The van der Waals surface area contributed by atoms with Crippen molar-refractivity contribution >= 4 is 51.3 Å². The van der Waals surface area contributed by atoms with Crippen molar-refractivity contribution in [2.24, 2.45) is 0 Å². The summed E-state index contributed by atoms with van der Waals surface area (Å²) in [6.07, 6.45) is -6.10. The van der Waals surface area contributed by atoms with Crippen LogP contribution in [0.4, 0.5) is 57.5 Å². The lowest BCUT2D eigenvalue weighted by molar-refractivity contribution is -0.425. The van der Waals surface area contributed by atoms with Gasteiger partial charge in [-0.15, -0.1) is 0 Å². The number of alkyl carbamates (subject to hydrolysis) is 1. The van der Waals surface area contributed by atoms with Crippen LogP contribution in [0.25, 0.3) is 0 Å². The normalized spacial score (nSPS) is 15.9. The Labute approximate surface area is 249 Å². The van der Waals surface area contributed by atoms with E-state index < -0.39 is 80.9 Å². The number of carbonyl (C=O) groups is 1. The van der Waals surface area contributed by atoms with E-state index in [1.165, 1.54) is 73.7 Å². The predicted octanol–water partition coefficient (Wildman–Crippen LogP) is 8.95. The summed E-state index contributed by atoms with van der Waals surface area (Å²) in [7, 11) is 0. The fourth-order valence-electron chi connectivity index (χ4n) is 3.19. The number of benzene rings is 1. The van der Waals surface area contributed by atoms with Gasteiger partial charge >= 0.3 is 41.6 Å². The van der Waals surface area contributed by atoms with E-state index in [0.29, 0.717) is 5.56 Å². The quantitative estimate of drug-likeness (QED) is 0.123. The number of hydrogen-bond acceptors (Lipinski definition) is 2. The molecule has 0 saturated carbocycles. The van der Waals surface area contributed by atoms with Gasteiger partial charge in [0.05, 0.1) is 0 Å². The van der Waals surface area contributed by atoms with Crippen LogP contribution in [0.1, 0.15) is 39.2 Å². The third-order valence-electron chi connectivity index (χ3n) is 5.22. The second-order valence-corrected chi connectivity index (χ2v) is 13.4. The molecule has 0 fully saturated rings. The number of nitrogens with one attached hydrogen (secondary N) is 1. The molecule has 2 atom stereocenters. The standard InChI is InChI=1S/C23H25F12I2NO2/c1-17(2,3)40-16(39)38-12-15(37)11-19(26,27)21(30,31)23(34,35)22(32,33)20(28,29)18(24,25)10-14(36)9-13-7-5-4-6-8-13/h4-8,14-15H,9-12H2,1-3H3,(H,38,39). The topological polar surface area (TPSA) is 38.3 Å². The Morgan fingerprint density at radius 2 is 1.12 bits per heavy atom. The minimum absolute atomic E-state index is 0.291. The van der Waals surface area contributed by atoms with Crippen molar-refractivity contribution in [3.05, 3.63) is 35.9 Å². The van der Waals surface area contributed by atoms with Gasteiger partial charge in [0.2, 0.25) is 0 Å². The predicted molar refractivity (Wildman–Crippen MR) is 139 cm³/mol. The molecule has 1 aromatic rings. The summed E-state index contributed by atoms with van der Waals surface area (Å²) < 4.78 is 173. The Morgan fingerprint density at radius 3 is 1.52 bits per heavy atom. The van der Waals surface area contributed by atoms with E-state index in [-0.39, 0.29) is 0 Å². The van der Waals surface area contributed by atoms with Crippen LogP contribution >= 0.6 is 45.2 Å². The lowest BCUT2D eigenvalue weighted by Crippen LogP contribution is -2.71. The Hall–Kier alpha value is -0.890. The van der Waals surface area contributed by atoms with E-state index in [2.05, 4.69) is 0 Å². The summed E-state index contributed by atoms with van der Waals surface area (Å²) in [6, 6.07) is 7.14. The first-order chi connectivity index (χ1) is 17.7. The molecule has 0 radical (unpaired) electrons. The molecule has 0 heterocycles. The van der Waals surface area contributed by atoms with Gasteiger partial charge in [0.1, 0.15) is 5.60 Å². The second kappa shape index (κ2) is 12.8. The molecule has 0 aromatic heterocycles. The molecule has 40 heavy (non-hydrogen) atoms. The van der Waals surface area contributed by atoms with Crippen LogP contribution in [-0.4, -0.2) is 61.6 Å². The zero-order valence-electron chi connectivity index (χ0n) is 21.0. The molecule has 2 unspecified atom stereocenters. The van der Waals surface area contributed by atoms with Crippen molar-refractivity contribution in [1.29, 1.82) is 0 Å². The number of rotatable bonds is 13. The SMILES string of the molecule is CC(C)(C)OC(=O)NCC(I)CC(F)(F)C(F)(F)C(F)(F)C(F)(F)C(F)(F)C(F)(F)CC(I)Cc1ccccc1. The lowest BCUT2D eigenvalue weighted by Gasteiger charge is -2.42. The fourth-order valence-corrected chi connectivity index (χ4v) is 5.02. The van der Waals surface area contributed by atoms with Crippen LogP contribution in [0, 0.1) is 0 Å². The Kier molecular flexibility index (Phi) is 11.9. The lowest BCUT2D eigenvalue weighted by atomic mass is 9.88. The third kappa shape index (κ3) is 8.35. The minimum Gasteiger partial charge on any atom is -0.444 e. The number of amides is 1. The van der Waals surface area contributed by atoms with E-state index in [4.69, 9.17) is 4.74 Å². The highest BCUT2D eigenvalue weighted by atomic mass is 127. The molecule has 1 rings (SSSR count). The van der Waals surface area contributed by atoms with Gasteiger partial charge in [-0.3, -0.25) is 0 Å². The maximum Gasteiger partial charge on any atom is 0.407 e. The monoisotopic (exact) mass is 829 g/mol. The van der Waals surface area contributed by atoms with Gasteiger partial charge in [-0.05, 0) is 32.8 Å². The van der Waals surface area contributed by atoms with Crippen molar-refractivity contribution in [3.8, 4) is 0 Å². The van der Waals surface area contributed by atoms with Gasteiger partial charge in [-0.2, -0.15) is 52.7 Å². The molecule has 232 valence electrons. The zero-order chi connectivity index (χ0) is 31.6. The molecule has 0 saturated heterocycles. The van der Waals surface area contributed by atoms with E-state index in [1.54, 1.807) is 0 Å². The van der Waals surface area contributed by atoms with Crippen molar-refractivity contribution in [2.75, 3.05) is 6.54 Å². The molecule has 0 aliphatic rings. The molecule has 0 spiro atoms.